The minimum atomic E-state index is -0.183. The third-order valence-corrected chi connectivity index (χ3v) is 2.87. The molecule has 3 rings (SSSR count). The van der Waals surface area contributed by atoms with Gasteiger partial charge in [-0.15, -0.1) is 5.10 Å². The molecule has 0 aliphatic rings. The van der Waals surface area contributed by atoms with Crippen LogP contribution in [0, 0.1) is 6.92 Å². The van der Waals surface area contributed by atoms with Crippen LogP contribution in [0.25, 0.3) is 5.78 Å². The van der Waals surface area contributed by atoms with Crippen molar-refractivity contribution in [3.8, 4) is 5.75 Å². The number of hydrogen-bond donors (Lipinski definition) is 2. The lowest BCUT2D eigenvalue weighted by molar-refractivity contribution is 0.415. The van der Waals surface area contributed by atoms with E-state index < -0.39 is 0 Å². The Hall–Kier alpha value is -2.83. The number of nitrogens with one attached hydrogen (secondary N) is 2. The molecule has 3 aromatic rings. The van der Waals surface area contributed by atoms with Crippen LogP contribution in [-0.4, -0.2) is 26.7 Å². The van der Waals surface area contributed by atoms with Crippen molar-refractivity contribution < 1.29 is 4.74 Å². The fraction of sp³-hybridized carbons (Fsp3) is 0.154. The molecule has 7 heteroatoms. The molecule has 20 heavy (non-hydrogen) atoms. The van der Waals surface area contributed by atoms with Gasteiger partial charge >= 0.3 is 0 Å². The number of H-pyrrole nitrogens is 1. The van der Waals surface area contributed by atoms with Gasteiger partial charge in [0.1, 0.15) is 5.75 Å². The topological polar surface area (TPSA) is 84.3 Å². The van der Waals surface area contributed by atoms with Crippen molar-refractivity contribution in [1.82, 2.24) is 19.6 Å². The zero-order chi connectivity index (χ0) is 14.1. The van der Waals surface area contributed by atoms with Gasteiger partial charge < -0.3 is 10.1 Å². The van der Waals surface area contributed by atoms with Crippen LogP contribution in [0.15, 0.2) is 35.1 Å². The molecule has 0 atom stereocenters. The van der Waals surface area contributed by atoms with Crippen molar-refractivity contribution in [3.05, 3.63) is 46.4 Å². The molecule has 0 bridgehead atoms. The first-order valence-corrected chi connectivity index (χ1v) is 6.03. The van der Waals surface area contributed by atoms with Gasteiger partial charge in [0.2, 0.25) is 11.7 Å². The summed E-state index contributed by atoms with van der Waals surface area (Å²) in [5, 5.41) is 9.86. The van der Waals surface area contributed by atoms with Crippen molar-refractivity contribution in [2.75, 3.05) is 12.4 Å². The molecule has 0 unspecified atom stereocenters. The van der Waals surface area contributed by atoms with Gasteiger partial charge in [-0.1, -0.05) is 0 Å². The molecule has 2 heterocycles. The minimum Gasteiger partial charge on any atom is -0.497 e. The van der Waals surface area contributed by atoms with Crippen LogP contribution in [0.5, 0.6) is 5.75 Å². The second-order valence-electron chi connectivity index (χ2n) is 4.30. The molecule has 0 saturated carbocycles. The van der Waals surface area contributed by atoms with Crippen LogP contribution >= 0.6 is 0 Å². The Balaban J connectivity index is 2.00. The number of hydrogen-bond acceptors (Lipinski definition) is 5. The summed E-state index contributed by atoms with van der Waals surface area (Å²) in [7, 11) is 1.61. The lowest BCUT2D eigenvalue weighted by atomic mass is 10.3. The Morgan fingerprint density at radius 2 is 2.05 bits per heavy atom. The smallest absolute Gasteiger partial charge is 0.262 e. The zero-order valence-electron chi connectivity index (χ0n) is 11.0. The highest BCUT2D eigenvalue weighted by atomic mass is 16.5. The van der Waals surface area contributed by atoms with Gasteiger partial charge in [-0.25, -0.2) is 14.5 Å². The van der Waals surface area contributed by atoms with Gasteiger partial charge in [-0.3, -0.25) is 4.79 Å². The molecule has 0 aliphatic heterocycles. The maximum absolute atomic E-state index is 12.0. The van der Waals surface area contributed by atoms with Crippen LogP contribution in [0.3, 0.4) is 0 Å². The highest BCUT2D eigenvalue weighted by Crippen LogP contribution is 2.18. The van der Waals surface area contributed by atoms with Crippen LogP contribution in [0.1, 0.15) is 5.69 Å². The van der Waals surface area contributed by atoms with Crippen molar-refractivity contribution in [1.29, 1.82) is 0 Å². The largest absolute Gasteiger partial charge is 0.497 e. The number of methoxy groups -OCH3 is 1. The molecule has 0 fully saturated rings. The maximum Gasteiger partial charge on any atom is 0.262 e. The van der Waals surface area contributed by atoms with E-state index in [1.807, 2.05) is 24.3 Å². The monoisotopic (exact) mass is 271 g/mol. The van der Waals surface area contributed by atoms with Crippen molar-refractivity contribution in [2.24, 2.45) is 0 Å². The van der Waals surface area contributed by atoms with Crippen molar-refractivity contribution in [2.45, 2.75) is 6.92 Å². The number of aromatic nitrogens is 4. The van der Waals surface area contributed by atoms with Gasteiger partial charge in [-0.05, 0) is 31.2 Å². The van der Waals surface area contributed by atoms with Gasteiger partial charge in [0.25, 0.3) is 5.56 Å². The molecule has 0 radical (unpaired) electrons. The van der Waals surface area contributed by atoms with Crippen LogP contribution < -0.4 is 15.6 Å². The Morgan fingerprint density at radius 3 is 2.75 bits per heavy atom. The fourth-order valence-corrected chi connectivity index (χ4v) is 1.92. The molecule has 1 aromatic carbocycles. The standard InChI is InChI=1S/C13H13N5O2/c1-8-7-11(19)18-12(14-8)16-17-13(18)15-9-3-5-10(20-2)6-4-9/h3-7H,1-2H3,(H,14,16)(H,15,17). The minimum absolute atomic E-state index is 0.183. The molecule has 2 N–H and O–H groups in total. The first kappa shape index (κ1) is 12.2. The number of anilines is 2. The molecule has 2 aromatic heterocycles. The third kappa shape index (κ3) is 2.09. The second kappa shape index (κ2) is 4.69. The summed E-state index contributed by atoms with van der Waals surface area (Å²) in [6.45, 7) is 1.76. The number of nitrogens with zero attached hydrogens (tertiary/aromatic N) is 3. The van der Waals surface area contributed by atoms with E-state index in [0.717, 1.165) is 11.4 Å². The summed E-state index contributed by atoms with van der Waals surface area (Å²) in [6.07, 6.45) is 0. The Morgan fingerprint density at radius 1 is 1.30 bits per heavy atom. The summed E-state index contributed by atoms with van der Waals surface area (Å²) < 4.78 is 6.48. The van der Waals surface area contributed by atoms with Crippen molar-refractivity contribution >= 4 is 17.4 Å². The number of aryl methyl sites for hydroxylation is 1. The number of rotatable bonds is 3. The van der Waals surface area contributed by atoms with E-state index in [2.05, 4.69) is 20.5 Å². The first-order chi connectivity index (χ1) is 9.67. The molecular formula is C13H13N5O2. The summed E-state index contributed by atoms with van der Waals surface area (Å²) >= 11 is 0. The predicted molar refractivity (Wildman–Crippen MR) is 74.6 cm³/mol. The van der Waals surface area contributed by atoms with Gasteiger partial charge in [-0.2, -0.15) is 0 Å². The molecule has 102 valence electrons. The molecule has 7 nitrogen and oxygen atoms in total. The second-order valence-corrected chi connectivity index (χ2v) is 4.30. The van der Waals surface area contributed by atoms with E-state index >= 15 is 0 Å². The molecular weight excluding hydrogens is 258 g/mol. The SMILES string of the molecule is COc1ccc(Nc2n[nH]c3nc(C)cc(=O)n23)cc1. The summed E-state index contributed by atoms with van der Waals surface area (Å²) in [6, 6.07) is 8.78. The van der Waals surface area contributed by atoms with E-state index in [1.54, 1.807) is 14.0 Å². The molecule has 0 saturated heterocycles. The Kier molecular flexibility index (Phi) is 2.86. The highest BCUT2D eigenvalue weighted by Gasteiger charge is 2.09. The zero-order valence-corrected chi connectivity index (χ0v) is 11.0. The van der Waals surface area contributed by atoms with Crippen LogP contribution in [0.2, 0.25) is 0 Å². The Bertz CT molecular complexity index is 804. The molecule has 0 amide bonds. The summed E-state index contributed by atoms with van der Waals surface area (Å²) in [5.74, 6) is 1.56. The van der Waals surface area contributed by atoms with E-state index in [9.17, 15) is 4.79 Å². The average molecular weight is 271 g/mol. The van der Waals surface area contributed by atoms with Gasteiger partial charge in [0.05, 0.1) is 7.11 Å². The first-order valence-electron chi connectivity index (χ1n) is 6.03. The van der Waals surface area contributed by atoms with Gasteiger partial charge in [0.15, 0.2) is 0 Å². The van der Waals surface area contributed by atoms with E-state index in [1.165, 1.54) is 10.5 Å². The van der Waals surface area contributed by atoms with Crippen molar-refractivity contribution in [3.63, 3.8) is 0 Å². The third-order valence-electron chi connectivity index (χ3n) is 2.87. The van der Waals surface area contributed by atoms with E-state index in [0.29, 0.717) is 17.4 Å². The highest BCUT2D eigenvalue weighted by molar-refractivity contribution is 5.56. The quantitative estimate of drug-likeness (QED) is 0.753. The summed E-state index contributed by atoms with van der Waals surface area (Å²) in [5.41, 5.74) is 1.26. The van der Waals surface area contributed by atoms with Crippen LogP contribution in [0.4, 0.5) is 11.6 Å². The van der Waals surface area contributed by atoms with Gasteiger partial charge in [0, 0.05) is 17.4 Å². The lowest BCUT2D eigenvalue weighted by Crippen LogP contribution is -2.15. The number of benzene rings is 1. The fourth-order valence-electron chi connectivity index (χ4n) is 1.92. The number of ether oxygens (including phenoxy) is 1. The summed E-state index contributed by atoms with van der Waals surface area (Å²) in [4.78, 5) is 16.2. The van der Waals surface area contributed by atoms with E-state index in [4.69, 9.17) is 4.74 Å². The average Bonchev–Trinajstić information content (AvgIpc) is 2.82. The lowest BCUT2D eigenvalue weighted by Gasteiger charge is -2.05. The van der Waals surface area contributed by atoms with E-state index in [-0.39, 0.29) is 5.56 Å². The number of aromatic amines is 1. The maximum atomic E-state index is 12.0. The predicted octanol–water partition coefficient (Wildman–Crippen LogP) is 1.48. The molecule has 0 spiro atoms. The Labute approximate surface area is 114 Å². The number of fused-ring (bicyclic) bond motifs is 1. The van der Waals surface area contributed by atoms with Crippen LogP contribution in [-0.2, 0) is 0 Å². The molecule has 0 aliphatic carbocycles. The normalized spacial score (nSPS) is 10.7.